The summed E-state index contributed by atoms with van der Waals surface area (Å²) < 4.78 is 5.70. The SMILES string of the molecule is O=C(Nc1ccc(Br)cc1C(=O)O)c1coc(CC[C@H](O)CO)n1. The summed E-state index contributed by atoms with van der Waals surface area (Å²) in [4.78, 5) is 27.4. The lowest BCUT2D eigenvalue weighted by Crippen LogP contribution is -2.15. The van der Waals surface area contributed by atoms with Crippen LogP contribution in [0.25, 0.3) is 0 Å². The number of amides is 1. The minimum absolute atomic E-state index is 0.0113. The largest absolute Gasteiger partial charge is 0.478 e. The summed E-state index contributed by atoms with van der Waals surface area (Å²) >= 11 is 3.17. The van der Waals surface area contributed by atoms with Gasteiger partial charge >= 0.3 is 5.97 Å². The van der Waals surface area contributed by atoms with Gasteiger partial charge in [0.2, 0.25) is 0 Å². The van der Waals surface area contributed by atoms with Gasteiger partial charge in [0.25, 0.3) is 5.91 Å². The third-order valence-electron chi connectivity index (χ3n) is 3.15. The van der Waals surface area contributed by atoms with Crippen LogP contribution in [0.1, 0.15) is 33.2 Å². The van der Waals surface area contributed by atoms with Crippen LogP contribution in [0, 0.1) is 0 Å². The van der Waals surface area contributed by atoms with Gasteiger partial charge in [-0.05, 0) is 24.6 Å². The summed E-state index contributed by atoms with van der Waals surface area (Å²) in [6.07, 6.45) is 0.770. The zero-order valence-corrected chi connectivity index (χ0v) is 14.0. The molecule has 0 aliphatic carbocycles. The van der Waals surface area contributed by atoms with Gasteiger partial charge in [-0.3, -0.25) is 4.79 Å². The molecule has 0 aliphatic heterocycles. The van der Waals surface area contributed by atoms with E-state index >= 15 is 0 Å². The molecular weight excluding hydrogens is 384 g/mol. The molecule has 1 heterocycles. The van der Waals surface area contributed by atoms with E-state index in [-0.39, 0.29) is 42.3 Å². The lowest BCUT2D eigenvalue weighted by molar-refractivity contribution is 0.0698. The topological polar surface area (TPSA) is 133 Å². The maximum absolute atomic E-state index is 12.2. The maximum atomic E-state index is 12.2. The van der Waals surface area contributed by atoms with Crippen molar-refractivity contribution in [3.05, 3.63) is 46.1 Å². The Balaban J connectivity index is 2.08. The second-order valence-corrected chi connectivity index (χ2v) is 5.87. The van der Waals surface area contributed by atoms with Crippen molar-refractivity contribution in [3.63, 3.8) is 0 Å². The third kappa shape index (κ3) is 4.63. The van der Waals surface area contributed by atoms with E-state index in [4.69, 9.17) is 9.52 Å². The first-order chi connectivity index (χ1) is 11.4. The third-order valence-corrected chi connectivity index (χ3v) is 3.64. The molecule has 0 unspecified atom stereocenters. The molecule has 24 heavy (non-hydrogen) atoms. The zero-order chi connectivity index (χ0) is 17.7. The van der Waals surface area contributed by atoms with Crippen LogP contribution in [0.15, 0.2) is 33.4 Å². The van der Waals surface area contributed by atoms with Crippen molar-refractivity contribution >= 4 is 33.5 Å². The van der Waals surface area contributed by atoms with Crippen molar-refractivity contribution in [2.75, 3.05) is 11.9 Å². The molecule has 0 spiro atoms. The molecule has 0 bridgehead atoms. The Bertz CT molecular complexity index is 745. The first kappa shape index (κ1) is 18.1. The van der Waals surface area contributed by atoms with Crippen LogP contribution in [-0.4, -0.2) is 44.9 Å². The molecule has 9 heteroatoms. The number of aromatic nitrogens is 1. The summed E-state index contributed by atoms with van der Waals surface area (Å²) in [7, 11) is 0. The van der Waals surface area contributed by atoms with Gasteiger partial charge in [-0.25, -0.2) is 9.78 Å². The number of aliphatic hydroxyl groups is 2. The monoisotopic (exact) mass is 398 g/mol. The number of aryl methyl sites for hydroxylation is 1. The predicted molar refractivity (Wildman–Crippen MR) is 87.0 cm³/mol. The number of aliphatic hydroxyl groups excluding tert-OH is 2. The lowest BCUT2D eigenvalue weighted by Gasteiger charge is -2.07. The second-order valence-electron chi connectivity index (χ2n) is 4.95. The highest BCUT2D eigenvalue weighted by atomic mass is 79.9. The molecule has 1 aromatic heterocycles. The number of carboxylic acid groups (broad SMARTS) is 1. The van der Waals surface area contributed by atoms with Crippen LogP contribution < -0.4 is 5.32 Å². The number of anilines is 1. The number of oxazole rings is 1. The van der Waals surface area contributed by atoms with Crippen molar-refractivity contribution in [1.29, 1.82) is 0 Å². The Labute approximate surface area is 145 Å². The quantitative estimate of drug-likeness (QED) is 0.557. The molecule has 0 saturated carbocycles. The maximum Gasteiger partial charge on any atom is 0.337 e. The van der Waals surface area contributed by atoms with Crippen LogP contribution in [0.5, 0.6) is 0 Å². The van der Waals surface area contributed by atoms with Gasteiger partial charge in [0.15, 0.2) is 11.6 Å². The fourth-order valence-electron chi connectivity index (χ4n) is 1.90. The molecule has 1 amide bonds. The average Bonchev–Trinajstić information content (AvgIpc) is 3.03. The molecule has 2 aromatic rings. The molecule has 1 atom stereocenters. The Morgan fingerprint density at radius 1 is 1.38 bits per heavy atom. The summed E-state index contributed by atoms with van der Waals surface area (Å²) in [5.74, 6) is -1.55. The van der Waals surface area contributed by atoms with Crippen LogP contribution in [-0.2, 0) is 6.42 Å². The number of carboxylic acids is 1. The zero-order valence-electron chi connectivity index (χ0n) is 12.4. The van der Waals surface area contributed by atoms with E-state index in [0.717, 1.165) is 6.26 Å². The Morgan fingerprint density at radius 3 is 2.79 bits per heavy atom. The van der Waals surface area contributed by atoms with Crippen LogP contribution >= 0.6 is 15.9 Å². The Kier molecular flexibility index (Phi) is 6.07. The van der Waals surface area contributed by atoms with E-state index < -0.39 is 18.0 Å². The number of hydrogen-bond acceptors (Lipinski definition) is 6. The highest BCUT2D eigenvalue weighted by Gasteiger charge is 2.17. The number of hydrogen-bond donors (Lipinski definition) is 4. The molecule has 0 aliphatic rings. The minimum atomic E-state index is -1.18. The standard InChI is InChI=1S/C15H15BrN2O6/c16-8-1-3-11(10(5-8)15(22)23)18-14(21)12-7-24-13(17-12)4-2-9(20)6-19/h1,3,5,7,9,19-20H,2,4,6H2,(H,18,21)(H,22,23)/t9-/m0/s1. The van der Waals surface area contributed by atoms with E-state index in [1.165, 1.54) is 12.1 Å². The van der Waals surface area contributed by atoms with E-state index in [9.17, 15) is 19.8 Å². The first-order valence-corrected chi connectivity index (χ1v) is 7.77. The average molecular weight is 399 g/mol. The van der Waals surface area contributed by atoms with E-state index in [2.05, 4.69) is 26.2 Å². The summed E-state index contributed by atoms with van der Waals surface area (Å²) in [5, 5.41) is 29.7. The minimum Gasteiger partial charge on any atom is -0.478 e. The molecule has 128 valence electrons. The summed E-state index contributed by atoms with van der Waals surface area (Å²) in [6, 6.07) is 4.44. The van der Waals surface area contributed by atoms with E-state index in [1.807, 2.05) is 0 Å². The molecule has 0 fully saturated rings. The molecule has 0 radical (unpaired) electrons. The molecule has 1 aromatic carbocycles. The number of carbonyl (C=O) groups is 2. The van der Waals surface area contributed by atoms with Gasteiger partial charge in [-0.1, -0.05) is 15.9 Å². The molecule has 4 N–H and O–H groups in total. The lowest BCUT2D eigenvalue weighted by atomic mass is 10.2. The van der Waals surface area contributed by atoms with Crippen LogP contribution in [0.3, 0.4) is 0 Å². The van der Waals surface area contributed by atoms with Crippen LogP contribution in [0.2, 0.25) is 0 Å². The summed E-state index contributed by atoms with van der Waals surface area (Å²) in [5.41, 5.74) is 0.0613. The van der Waals surface area contributed by atoms with Crippen LogP contribution in [0.4, 0.5) is 5.69 Å². The highest BCUT2D eigenvalue weighted by molar-refractivity contribution is 9.10. The number of benzene rings is 1. The molecule has 2 rings (SSSR count). The fraction of sp³-hybridized carbons (Fsp3) is 0.267. The number of nitrogens with one attached hydrogen (secondary N) is 1. The number of halogens is 1. The smallest absolute Gasteiger partial charge is 0.337 e. The van der Waals surface area contributed by atoms with E-state index in [0.29, 0.717) is 4.47 Å². The first-order valence-electron chi connectivity index (χ1n) is 6.98. The van der Waals surface area contributed by atoms with Crippen molar-refractivity contribution in [2.24, 2.45) is 0 Å². The second kappa shape index (κ2) is 8.04. The summed E-state index contributed by atoms with van der Waals surface area (Å²) in [6.45, 7) is -0.365. The van der Waals surface area contributed by atoms with Crippen molar-refractivity contribution in [2.45, 2.75) is 18.9 Å². The van der Waals surface area contributed by atoms with Gasteiger partial charge in [0.1, 0.15) is 6.26 Å². The van der Waals surface area contributed by atoms with Crippen molar-refractivity contribution < 1.29 is 29.3 Å². The van der Waals surface area contributed by atoms with Crippen molar-refractivity contribution in [1.82, 2.24) is 4.98 Å². The van der Waals surface area contributed by atoms with Gasteiger partial charge in [-0.2, -0.15) is 0 Å². The number of aromatic carboxylic acids is 1. The predicted octanol–water partition coefficient (Wildman–Crippen LogP) is 1.67. The Hall–Kier alpha value is -2.23. The van der Waals surface area contributed by atoms with Gasteiger partial charge in [0.05, 0.1) is 24.0 Å². The number of rotatable bonds is 7. The number of carbonyl (C=O) groups excluding carboxylic acids is 1. The Morgan fingerprint density at radius 2 is 2.12 bits per heavy atom. The normalized spacial score (nSPS) is 12.0. The van der Waals surface area contributed by atoms with Gasteiger partial charge < -0.3 is 25.1 Å². The highest BCUT2D eigenvalue weighted by Crippen LogP contribution is 2.22. The van der Waals surface area contributed by atoms with Crippen molar-refractivity contribution in [3.8, 4) is 0 Å². The molecular formula is C15H15BrN2O6. The van der Waals surface area contributed by atoms with Gasteiger partial charge in [-0.15, -0.1) is 0 Å². The van der Waals surface area contributed by atoms with E-state index in [1.54, 1.807) is 6.07 Å². The number of nitrogens with zero attached hydrogens (tertiary/aromatic N) is 1. The molecule has 0 saturated heterocycles. The fourth-order valence-corrected chi connectivity index (χ4v) is 2.26. The van der Waals surface area contributed by atoms with Gasteiger partial charge in [0, 0.05) is 10.9 Å². The molecule has 8 nitrogen and oxygen atoms in total.